The Kier molecular flexibility index (Phi) is 6.67. The Morgan fingerprint density at radius 2 is 1.85 bits per heavy atom. The molecule has 10 nitrogen and oxygen atoms in total. The highest BCUT2D eigenvalue weighted by atomic mass is 16.7. The fourth-order valence-electron chi connectivity index (χ4n) is 5.62. The summed E-state index contributed by atoms with van der Waals surface area (Å²) in [6.07, 6.45) is 5.91. The van der Waals surface area contributed by atoms with Crippen molar-refractivity contribution >= 4 is 18.0 Å². The predicted molar refractivity (Wildman–Crippen MR) is 141 cm³/mol. The molecule has 3 atom stereocenters. The summed E-state index contributed by atoms with van der Waals surface area (Å²) in [5, 5.41) is 0. The molecule has 1 fully saturated rings. The van der Waals surface area contributed by atoms with Gasteiger partial charge in [-0.2, -0.15) is 0 Å². The van der Waals surface area contributed by atoms with Gasteiger partial charge in [-0.15, -0.1) is 0 Å². The lowest BCUT2D eigenvalue weighted by atomic mass is 9.73. The van der Waals surface area contributed by atoms with E-state index in [0.717, 1.165) is 16.7 Å². The first kappa shape index (κ1) is 25.5. The van der Waals surface area contributed by atoms with Crippen LogP contribution >= 0.6 is 0 Å². The van der Waals surface area contributed by atoms with E-state index in [1.165, 1.54) is 13.2 Å². The molecule has 40 heavy (non-hydrogen) atoms. The van der Waals surface area contributed by atoms with Crippen LogP contribution in [0, 0.1) is 11.8 Å². The summed E-state index contributed by atoms with van der Waals surface area (Å²) in [5.74, 6) is 0.691. The molecule has 1 saturated heterocycles. The Morgan fingerprint density at radius 3 is 2.55 bits per heavy atom. The third-order valence-corrected chi connectivity index (χ3v) is 7.46. The first-order chi connectivity index (χ1) is 19.5. The van der Waals surface area contributed by atoms with E-state index >= 15 is 0 Å². The molecule has 0 saturated carbocycles. The Balaban J connectivity index is 1.48. The van der Waals surface area contributed by atoms with Gasteiger partial charge in [-0.25, -0.2) is 4.79 Å². The number of hydrogen-bond donors (Lipinski definition) is 0. The van der Waals surface area contributed by atoms with Crippen molar-refractivity contribution in [3.8, 4) is 39.9 Å². The van der Waals surface area contributed by atoms with Gasteiger partial charge in [0.05, 0.1) is 33.9 Å². The highest BCUT2D eigenvalue weighted by Crippen LogP contribution is 2.55. The molecule has 10 heteroatoms. The van der Waals surface area contributed by atoms with Gasteiger partial charge >= 0.3 is 11.9 Å². The monoisotopic (exact) mass is 545 g/mol. The average Bonchev–Trinajstić information content (AvgIpc) is 3.61. The van der Waals surface area contributed by atoms with Crippen LogP contribution in [0.3, 0.4) is 0 Å². The smallest absolute Gasteiger partial charge is 0.331 e. The van der Waals surface area contributed by atoms with Gasteiger partial charge in [-0.3, -0.25) is 9.78 Å². The number of nitrogens with zero attached hydrogens (tertiary/aromatic N) is 1. The molecule has 0 bridgehead atoms. The lowest BCUT2D eigenvalue weighted by Crippen LogP contribution is -2.33. The molecular formula is C30H27NO9. The van der Waals surface area contributed by atoms with Crippen molar-refractivity contribution in [2.75, 3.05) is 34.7 Å². The minimum atomic E-state index is -0.749. The molecule has 1 aliphatic carbocycles. The highest BCUT2D eigenvalue weighted by molar-refractivity contribution is 5.88. The Labute approximate surface area is 230 Å². The van der Waals surface area contributed by atoms with E-state index in [4.69, 9.17) is 33.2 Å². The summed E-state index contributed by atoms with van der Waals surface area (Å²) in [6, 6.07) is 9.07. The second-order valence-electron chi connectivity index (χ2n) is 9.55. The zero-order valence-electron chi connectivity index (χ0n) is 22.2. The van der Waals surface area contributed by atoms with E-state index in [1.807, 2.05) is 24.3 Å². The molecule has 3 aromatic rings. The second kappa shape index (κ2) is 10.4. The number of aromatic nitrogens is 1. The SMILES string of the molecule is COc1cc(-c2c3c(cc4c2OCO4)[C@H](OC(=O)/C=C/c2cccnc2)[C@H]2COC(=O)[C@@H]2C3)cc(OC)c1OC. The maximum Gasteiger partial charge on any atom is 0.331 e. The molecule has 206 valence electrons. The highest BCUT2D eigenvalue weighted by Gasteiger charge is 2.49. The Hall–Kier alpha value is -4.73. The topological polar surface area (TPSA) is 112 Å². The van der Waals surface area contributed by atoms with E-state index in [-0.39, 0.29) is 25.3 Å². The molecule has 1 aromatic heterocycles. The number of cyclic esters (lactones) is 1. The summed E-state index contributed by atoms with van der Waals surface area (Å²) in [6.45, 7) is 0.185. The van der Waals surface area contributed by atoms with Crippen LogP contribution in [0.2, 0.25) is 0 Å². The summed E-state index contributed by atoms with van der Waals surface area (Å²) in [7, 11) is 4.62. The van der Waals surface area contributed by atoms with Gasteiger partial charge in [0, 0.05) is 35.5 Å². The first-order valence-corrected chi connectivity index (χ1v) is 12.7. The molecule has 0 amide bonds. The number of carbonyl (C=O) groups excluding carboxylic acids is 2. The summed E-state index contributed by atoms with van der Waals surface area (Å²) in [5.41, 5.74) is 3.70. The number of fused-ring (bicyclic) bond motifs is 3. The van der Waals surface area contributed by atoms with Crippen molar-refractivity contribution in [3.63, 3.8) is 0 Å². The average molecular weight is 546 g/mol. The van der Waals surface area contributed by atoms with Gasteiger partial charge in [-0.1, -0.05) is 6.07 Å². The largest absolute Gasteiger partial charge is 0.493 e. The normalized spacial score (nSPS) is 20.5. The van der Waals surface area contributed by atoms with Gasteiger partial charge in [0.15, 0.2) is 23.0 Å². The second-order valence-corrected chi connectivity index (χ2v) is 9.55. The molecule has 0 unspecified atom stereocenters. The van der Waals surface area contributed by atoms with Crippen LogP contribution in [0.15, 0.2) is 48.8 Å². The molecule has 0 spiro atoms. The van der Waals surface area contributed by atoms with Gasteiger partial charge in [0.25, 0.3) is 0 Å². The summed E-state index contributed by atoms with van der Waals surface area (Å²) >= 11 is 0. The van der Waals surface area contributed by atoms with Crippen LogP contribution < -0.4 is 23.7 Å². The number of ether oxygens (including phenoxy) is 7. The molecule has 0 N–H and O–H groups in total. The van der Waals surface area contributed by atoms with Crippen molar-refractivity contribution in [1.29, 1.82) is 0 Å². The van der Waals surface area contributed by atoms with Gasteiger partial charge in [-0.05, 0) is 53.5 Å². The van der Waals surface area contributed by atoms with Crippen LogP contribution in [0.1, 0.15) is 22.8 Å². The van der Waals surface area contributed by atoms with E-state index in [1.54, 1.807) is 38.8 Å². The minimum Gasteiger partial charge on any atom is -0.493 e. The molecular weight excluding hydrogens is 518 g/mol. The number of rotatable bonds is 7. The third kappa shape index (κ3) is 4.35. The summed E-state index contributed by atoms with van der Waals surface area (Å²) < 4.78 is 39.9. The fourth-order valence-corrected chi connectivity index (χ4v) is 5.62. The molecule has 3 aliphatic rings. The van der Waals surface area contributed by atoms with Crippen LogP contribution in [0.5, 0.6) is 28.7 Å². The molecule has 0 radical (unpaired) electrons. The zero-order valence-corrected chi connectivity index (χ0v) is 22.2. The zero-order chi connectivity index (χ0) is 27.8. The fraction of sp³-hybridized carbons (Fsp3) is 0.300. The molecule has 2 aromatic carbocycles. The third-order valence-electron chi connectivity index (χ3n) is 7.46. The maximum absolute atomic E-state index is 13.0. The molecule has 2 aliphatic heterocycles. The van der Waals surface area contributed by atoms with Crippen molar-refractivity contribution in [2.45, 2.75) is 12.5 Å². The van der Waals surface area contributed by atoms with Gasteiger partial charge < -0.3 is 33.2 Å². The standard InChI is InChI=1S/C30H27NO9/c1-34-22-9-17(10-23(35-2)28(22)36-3)26-18-11-20-21(14-37-30(20)33)27(19(18)12-24-29(26)39-15-38-24)40-25(32)7-6-16-5-4-8-31-13-16/h4-10,12-13,20-21,27H,11,14-15H2,1-3H3/b7-6+/t20-,21+,27+/m1/s1. The number of carbonyl (C=O) groups is 2. The van der Waals surface area contributed by atoms with E-state index in [9.17, 15) is 9.59 Å². The van der Waals surface area contributed by atoms with Gasteiger partial charge in [0.1, 0.15) is 6.10 Å². The molecule has 6 rings (SSSR count). The number of esters is 2. The van der Waals surface area contributed by atoms with Crippen LogP contribution in [0.25, 0.3) is 17.2 Å². The summed E-state index contributed by atoms with van der Waals surface area (Å²) in [4.78, 5) is 29.9. The van der Waals surface area contributed by atoms with Crippen molar-refractivity contribution in [2.24, 2.45) is 11.8 Å². The van der Waals surface area contributed by atoms with E-state index in [2.05, 4.69) is 4.98 Å². The predicted octanol–water partition coefficient (Wildman–Crippen LogP) is 4.15. The van der Waals surface area contributed by atoms with Crippen molar-refractivity contribution in [1.82, 2.24) is 4.98 Å². The van der Waals surface area contributed by atoms with Crippen molar-refractivity contribution < 1.29 is 42.7 Å². The van der Waals surface area contributed by atoms with E-state index in [0.29, 0.717) is 46.3 Å². The number of methoxy groups -OCH3 is 3. The lowest BCUT2D eigenvalue weighted by Gasteiger charge is -2.34. The van der Waals surface area contributed by atoms with E-state index < -0.39 is 18.0 Å². The van der Waals surface area contributed by atoms with Crippen molar-refractivity contribution in [3.05, 3.63) is 65.5 Å². The van der Waals surface area contributed by atoms with Crippen LogP contribution in [0.4, 0.5) is 0 Å². The quantitative estimate of drug-likeness (QED) is 0.317. The Morgan fingerprint density at radius 1 is 1.05 bits per heavy atom. The van der Waals surface area contributed by atoms with Gasteiger partial charge in [0.2, 0.25) is 12.5 Å². The maximum atomic E-state index is 13.0. The molecule has 3 heterocycles. The number of hydrogen-bond acceptors (Lipinski definition) is 10. The number of pyridine rings is 1. The Bertz CT molecular complexity index is 1480. The first-order valence-electron chi connectivity index (χ1n) is 12.7. The van der Waals surface area contributed by atoms with Crippen LogP contribution in [-0.2, 0) is 25.5 Å². The van der Waals surface area contributed by atoms with Crippen LogP contribution in [-0.4, -0.2) is 51.7 Å². The lowest BCUT2D eigenvalue weighted by molar-refractivity contribution is -0.148. The number of benzene rings is 2. The minimum absolute atomic E-state index is 0.0306.